The van der Waals surface area contributed by atoms with E-state index in [9.17, 15) is 18.3 Å². The van der Waals surface area contributed by atoms with Crippen molar-refractivity contribution in [3.8, 4) is 0 Å². The molecule has 120 valence electrons. The van der Waals surface area contributed by atoms with Crippen LogP contribution in [0, 0.1) is 5.92 Å². The molecule has 0 heterocycles. The van der Waals surface area contributed by atoms with Gasteiger partial charge in [0.15, 0.2) is 0 Å². The summed E-state index contributed by atoms with van der Waals surface area (Å²) in [5.74, 6) is 0.345. The fourth-order valence-corrected chi connectivity index (χ4v) is 2.87. The molecule has 1 N–H and O–H groups in total. The molecular weight excluding hydrogens is 345 g/mol. The van der Waals surface area contributed by atoms with Crippen LogP contribution in [0.3, 0.4) is 0 Å². The maximum atomic E-state index is 12.9. The zero-order valence-corrected chi connectivity index (χ0v) is 14.0. The molecule has 0 aliphatic rings. The smallest absolute Gasteiger partial charge is 0.388 e. The zero-order chi connectivity index (χ0) is 16.0. The van der Waals surface area contributed by atoms with Crippen LogP contribution in [-0.2, 0) is 6.18 Å². The van der Waals surface area contributed by atoms with E-state index in [0.717, 1.165) is 31.7 Å². The fraction of sp³-hybridized carbons (Fsp3) is 0.625. The van der Waals surface area contributed by atoms with Crippen LogP contribution >= 0.6 is 15.9 Å². The Hall–Kier alpha value is -0.550. The predicted octanol–water partition coefficient (Wildman–Crippen LogP) is 6.11. The minimum absolute atomic E-state index is 0.00368. The van der Waals surface area contributed by atoms with Gasteiger partial charge < -0.3 is 5.11 Å². The highest BCUT2D eigenvalue weighted by Crippen LogP contribution is 2.37. The van der Waals surface area contributed by atoms with Gasteiger partial charge in [0.05, 0.1) is 11.7 Å². The number of aliphatic hydroxyl groups excluding tert-OH is 1. The second-order valence-electron chi connectivity index (χ2n) is 5.41. The summed E-state index contributed by atoms with van der Waals surface area (Å²) in [6.07, 6.45) is -0.647. The third-order valence-corrected chi connectivity index (χ3v) is 4.47. The molecule has 5 heteroatoms. The van der Waals surface area contributed by atoms with Crippen LogP contribution < -0.4 is 0 Å². The van der Waals surface area contributed by atoms with Gasteiger partial charge in [-0.15, -0.1) is 0 Å². The van der Waals surface area contributed by atoms with Crippen LogP contribution in [0.25, 0.3) is 0 Å². The summed E-state index contributed by atoms with van der Waals surface area (Å²) >= 11 is 2.91. The van der Waals surface area contributed by atoms with E-state index in [1.807, 2.05) is 0 Å². The molecule has 1 aromatic carbocycles. The fourth-order valence-electron chi connectivity index (χ4n) is 2.40. The lowest BCUT2D eigenvalue weighted by molar-refractivity contribution is -0.138. The summed E-state index contributed by atoms with van der Waals surface area (Å²) in [7, 11) is 0. The van der Waals surface area contributed by atoms with Crippen LogP contribution in [-0.4, -0.2) is 5.11 Å². The van der Waals surface area contributed by atoms with Gasteiger partial charge in [-0.1, -0.05) is 61.5 Å². The lowest BCUT2D eigenvalue weighted by atomic mass is 9.90. The van der Waals surface area contributed by atoms with E-state index >= 15 is 0 Å². The van der Waals surface area contributed by atoms with Crippen molar-refractivity contribution in [3.63, 3.8) is 0 Å². The Morgan fingerprint density at radius 1 is 1.24 bits per heavy atom. The quantitative estimate of drug-likeness (QED) is 0.617. The molecule has 0 aliphatic heterocycles. The maximum absolute atomic E-state index is 12.9. The SMILES string of the molecule is CCCCC(CC)CC(O)c1ccc(Br)c(C(F)(F)F)c1. The topological polar surface area (TPSA) is 20.2 Å². The largest absolute Gasteiger partial charge is 0.417 e. The molecule has 1 nitrogen and oxygen atoms in total. The van der Waals surface area contributed by atoms with E-state index < -0.39 is 17.8 Å². The van der Waals surface area contributed by atoms with Gasteiger partial charge >= 0.3 is 6.18 Å². The minimum atomic E-state index is -4.42. The first kappa shape index (κ1) is 18.5. The molecule has 0 spiro atoms. The highest BCUT2D eigenvalue weighted by atomic mass is 79.9. The summed E-state index contributed by atoms with van der Waals surface area (Å²) in [4.78, 5) is 0. The van der Waals surface area contributed by atoms with Gasteiger partial charge in [0.1, 0.15) is 0 Å². The summed E-state index contributed by atoms with van der Waals surface area (Å²) in [6, 6.07) is 3.95. The number of halogens is 4. The first-order valence-corrected chi connectivity index (χ1v) is 8.13. The Balaban J connectivity index is 2.85. The number of hydrogen-bond donors (Lipinski definition) is 1. The molecule has 1 aromatic rings. The van der Waals surface area contributed by atoms with Crippen molar-refractivity contribution < 1.29 is 18.3 Å². The number of benzene rings is 1. The molecule has 2 atom stereocenters. The normalized spacial score (nSPS) is 15.0. The summed E-state index contributed by atoms with van der Waals surface area (Å²) in [5, 5.41) is 10.2. The summed E-state index contributed by atoms with van der Waals surface area (Å²) < 4.78 is 38.6. The van der Waals surface area contributed by atoms with Gasteiger partial charge in [-0.05, 0) is 30.0 Å². The van der Waals surface area contributed by atoms with Crippen molar-refractivity contribution in [1.29, 1.82) is 0 Å². The third kappa shape index (κ3) is 5.62. The third-order valence-electron chi connectivity index (χ3n) is 3.78. The molecule has 0 aromatic heterocycles. The Morgan fingerprint density at radius 2 is 1.90 bits per heavy atom. The molecule has 21 heavy (non-hydrogen) atoms. The van der Waals surface area contributed by atoms with Gasteiger partial charge in [-0.25, -0.2) is 0 Å². The lowest BCUT2D eigenvalue weighted by Crippen LogP contribution is -2.10. The lowest BCUT2D eigenvalue weighted by Gasteiger charge is -2.20. The molecule has 0 saturated heterocycles. The maximum Gasteiger partial charge on any atom is 0.417 e. The van der Waals surface area contributed by atoms with E-state index in [2.05, 4.69) is 29.8 Å². The van der Waals surface area contributed by atoms with Crippen LogP contribution in [0.5, 0.6) is 0 Å². The molecule has 0 amide bonds. The van der Waals surface area contributed by atoms with E-state index in [1.54, 1.807) is 6.07 Å². The molecule has 1 rings (SSSR count). The highest BCUT2D eigenvalue weighted by molar-refractivity contribution is 9.10. The van der Waals surface area contributed by atoms with Crippen LogP contribution in [0.15, 0.2) is 22.7 Å². The van der Waals surface area contributed by atoms with Gasteiger partial charge in [-0.3, -0.25) is 0 Å². The average Bonchev–Trinajstić information content (AvgIpc) is 2.42. The van der Waals surface area contributed by atoms with Gasteiger partial charge in [0.25, 0.3) is 0 Å². The molecular formula is C16H22BrF3O. The summed E-state index contributed by atoms with van der Waals surface area (Å²) in [5.41, 5.74) is -0.402. The second kappa shape index (κ2) is 8.18. The Bertz CT molecular complexity index is 446. The number of alkyl halides is 3. The minimum Gasteiger partial charge on any atom is -0.388 e. The monoisotopic (exact) mass is 366 g/mol. The number of hydrogen-bond acceptors (Lipinski definition) is 1. The van der Waals surface area contributed by atoms with Crippen molar-refractivity contribution in [2.45, 2.75) is 58.2 Å². The molecule has 0 aliphatic carbocycles. The van der Waals surface area contributed by atoms with Crippen molar-refractivity contribution in [2.24, 2.45) is 5.92 Å². The van der Waals surface area contributed by atoms with Crippen molar-refractivity contribution in [2.75, 3.05) is 0 Å². The standard InChI is InChI=1S/C16H22BrF3O/c1-3-5-6-11(4-2)9-15(21)12-7-8-14(17)13(10-12)16(18,19)20/h7-8,10-11,15,21H,3-6,9H2,1-2H3. The first-order chi connectivity index (χ1) is 9.79. The van der Waals surface area contributed by atoms with Crippen LogP contribution in [0.4, 0.5) is 13.2 Å². The first-order valence-electron chi connectivity index (χ1n) is 7.34. The van der Waals surface area contributed by atoms with E-state index in [4.69, 9.17) is 0 Å². The molecule has 0 fully saturated rings. The zero-order valence-electron chi connectivity index (χ0n) is 12.4. The van der Waals surface area contributed by atoms with Gasteiger partial charge in [0.2, 0.25) is 0 Å². The number of aliphatic hydroxyl groups is 1. The summed E-state index contributed by atoms with van der Waals surface area (Å²) in [6.45, 7) is 4.16. The van der Waals surface area contributed by atoms with E-state index in [1.165, 1.54) is 6.07 Å². The number of rotatable bonds is 7. The second-order valence-corrected chi connectivity index (χ2v) is 6.26. The van der Waals surface area contributed by atoms with E-state index in [-0.39, 0.29) is 4.47 Å². The number of unbranched alkanes of at least 4 members (excludes halogenated alkanes) is 1. The van der Waals surface area contributed by atoms with Crippen molar-refractivity contribution in [1.82, 2.24) is 0 Å². The van der Waals surface area contributed by atoms with Crippen LogP contribution in [0.2, 0.25) is 0 Å². The van der Waals surface area contributed by atoms with Gasteiger partial charge in [-0.2, -0.15) is 13.2 Å². The Labute approximate surface area is 132 Å². The molecule has 0 saturated carbocycles. The Kier molecular flexibility index (Phi) is 7.21. The predicted molar refractivity (Wildman–Crippen MR) is 82.0 cm³/mol. The van der Waals surface area contributed by atoms with Crippen molar-refractivity contribution >= 4 is 15.9 Å². The van der Waals surface area contributed by atoms with Gasteiger partial charge in [0, 0.05) is 4.47 Å². The average molecular weight is 367 g/mol. The highest BCUT2D eigenvalue weighted by Gasteiger charge is 2.33. The molecule has 0 radical (unpaired) electrons. The van der Waals surface area contributed by atoms with Crippen molar-refractivity contribution in [3.05, 3.63) is 33.8 Å². The van der Waals surface area contributed by atoms with Crippen LogP contribution in [0.1, 0.15) is 63.2 Å². The van der Waals surface area contributed by atoms with E-state index in [0.29, 0.717) is 17.9 Å². The molecule has 2 unspecified atom stereocenters. The Morgan fingerprint density at radius 3 is 2.43 bits per heavy atom. The molecule has 0 bridgehead atoms.